The van der Waals surface area contributed by atoms with E-state index >= 15 is 0 Å². The normalized spacial score (nSPS) is 37.1. The lowest BCUT2D eigenvalue weighted by Gasteiger charge is -2.55. The zero-order valence-electron chi connectivity index (χ0n) is 66.9. The zero-order valence-corrected chi connectivity index (χ0v) is 66.9. The summed E-state index contributed by atoms with van der Waals surface area (Å²) in [5.74, 6) is 3.18. The molecule has 0 aromatic heterocycles. The molecule has 622 valence electrons. The maximum atomic E-state index is 5.49. The van der Waals surface area contributed by atoms with Crippen molar-refractivity contribution in [1.29, 1.82) is 0 Å². The van der Waals surface area contributed by atoms with Gasteiger partial charge in [0.1, 0.15) is 0 Å². The lowest BCUT2D eigenvalue weighted by molar-refractivity contribution is -0.0332. The third-order valence-electron chi connectivity index (χ3n) is 28.0. The van der Waals surface area contributed by atoms with E-state index in [0.717, 1.165) is 133 Å². The van der Waals surface area contributed by atoms with Gasteiger partial charge in [-0.2, -0.15) is 0 Å². The van der Waals surface area contributed by atoms with Crippen molar-refractivity contribution in [2.24, 2.45) is 28.6 Å². The van der Waals surface area contributed by atoms with Crippen LogP contribution in [0.4, 0.5) is 0 Å². The maximum Gasteiger partial charge on any atom is 0.0718 e. The summed E-state index contributed by atoms with van der Waals surface area (Å²) in [5.41, 5.74) is 1.02. The number of hydrogen-bond acceptors (Lipinski definition) is 13. The molecule has 0 spiro atoms. The molecule has 12 unspecified atom stereocenters. The highest BCUT2D eigenvalue weighted by Gasteiger charge is 2.48. The van der Waals surface area contributed by atoms with Crippen LogP contribution in [0.15, 0.2) is 0 Å². The van der Waals surface area contributed by atoms with E-state index in [-0.39, 0.29) is 59.4 Å². The molecule has 12 atom stereocenters. The molecule has 18 saturated heterocycles. The Morgan fingerprint density at radius 3 is 1.08 bits per heavy atom. The highest BCUT2D eigenvalue weighted by atomic mass is 16.5. The first-order chi connectivity index (χ1) is 45.6. The Kier molecular flexibility index (Phi) is 42.9. The largest absolute Gasteiger partial charge is 0.375 e. The first-order valence-electron chi connectivity index (χ1n) is 42.2. The Bertz CT molecular complexity index is 2140. The summed E-state index contributed by atoms with van der Waals surface area (Å²) in [5, 5.41) is 7.10. The van der Waals surface area contributed by atoms with Gasteiger partial charge in [0.25, 0.3) is 0 Å². The number of rotatable bonds is 9. The molecule has 13 heteroatoms. The van der Waals surface area contributed by atoms with Gasteiger partial charge in [-0.15, -0.1) is 0 Å². The third-order valence-corrected chi connectivity index (χ3v) is 28.0. The van der Waals surface area contributed by atoms with E-state index in [1.165, 1.54) is 233 Å². The average molecular weight is 1470 g/mol. The molecule has 104 heavy (non-hydrogen) atoms. The number of likely N-dealkylation sites (tertiary alicyclic amines) is 4. The molecule has 3 saturated carbocycles. The summed E-state index contributed by atoms with van der Waals surface area (Å²) in [6.45, 7) is 65.5. The molecule has 18 heterocycles. The van der Waals surface area contributed by atoms with Gasteiger partial charge in [-0.3, -0.25) is 39.2 Å². The molecule has 3 aliphatic carbocycles. The summed E-state index contributed by atoms with van der Waals surface area (Å²) in [4.78, 5) is 26.6. The van der Waals surface area contributed by atoms with Gasteiger partial charge in [0.05, 0.1) is 12.7 Å². The van der Waals surface area contributed by atoms with Crippen molar-refractivity contribution in [2.75, 3.05) is 98.2 Å². The fraction of sp³-hybridized carbons (Fsp3) is 1.00. The Hall–Kier alpha value is -0.520. The van der Waals surface area contributed by atoms with Crippen LogP contribution >= 0.6 is 0 Å². The minimum Gasteiger partial charge on any atom is -0.375 e. The van der Waals surface area contributed by atoms with E-state index in [9.17, 15) is 0 Å². The number of ether oxygens (including phenoxy) is 1. The summed E-state index contributed by atoms with van der Waals surface area (Å²) >= 11 is 0. The number of nitrogens with zero attached hydrogens (tertiary/aromatic N) is 10. The standard InChI is InChI=1S/C12H24N2.C10H20N2.2C10H19N.C9H17N.C8H16N2.C8H15NO.2C8H15N.8CH4/c1-10(2)14-8-11(3)5-12(4,9-14)7-13-6-11;1-9(2)12-8-7-11-5-3-10(12)4-6-11;1-8(2)11-6-9-3-4-10(5-9)7-11;1-8(2)11-9-4-3-5-10(11)7-6-9;1-7(2)10-8-3-4-9(10)6-5-8;1-6(2)10-5-7-3-8(10)4-9-7;1-6(2)9-4-8-3-7(9)5-10-8;1-6(2)9-5-7-3-8(9)4-7;1-6(2)9-7-3-4-8(9)5-7;;;;;;;;/h10,13H,5-9H2,1-4H3;9-10H,3-8H2,1-2H3;2*8-10H,3-7H2,1-2H3;7-9H,3-6H2,1-2H3;6-9H,3-5H2,1-2H3;6-8H,3-5H2,1-2H3;2*6-8H,3-5H2,1-2H3;8*1H4. The van der Waals surface area contributed by atoms with E-state index < -0.39 is 0 Å². The van der Waals surface area contributed by atoms with Crippen molar-refractivity contribution in [3.63, 3.8) is 0 Å². The van der Waals surface area contributed by atoms with Gasteiger partial charge in [-0.25, -0.2) is 0 Å². The predicted molar refractivity (Wildman–Crippen MR) is 463 cm³/mol. The van der Waals surface area contributed by atoms with Crippen LogP contribution in [-0.2, 0) is 4.74 Å². The lowest BCUT2D eigenvalue weighted by atomic mass is 9.66. The molecule has 13 nitrogen and oxygen atoms in total. The van der Waals surface area contributed by atoms with Crippen LogP contribution in [0.2, 0.25) is 0 Å². The van der Waals surface area contributed by atoms with Gasteiger partial charge in [0, 0.05) is 199 Å². The number of hydrogen-bond donors (Lipinski definition) is 2. The highest BCUT2D eigenvalue weighted by molar-refractivity contribution is 5.04. The van der Waals surface area contributed by atoms with Crippen LogP contribution in [0, 0.1) is 28.6 Å². The molecule has 2 N–H and O–H groups in total. The SMILES string of the molecule is C.C.C.C.C.C.C.C.CC(C)N1C2CCC1C2.CC(C)N1C2CCC1CC2.CC(C)N1C2CCCC1CC2.CC(C)N1CC2(C)CNCC(C)(C1)C2.CC(C)N1CC2CC1C2.CC(C)N1CC2CC1CN2.CC(C)N1CC2CC1CO2.CC(C)N1CC2CCC(C2)C1.CC(C)N1CCN2CCC1CC2. The topological polar surface area (TPSA) is 65.7 Å². The summed E-state index contributed by atoms with van der Waals surface area (Å²) in [7, 11) is 0. The minimum absolute atomic E-state index is 0. The van der Waals surface area contributed by atoms with Gasteiger partial charge in [-0.05, 0) is 301 Å². The molecular weight excluding hydrogens is 1280 g/mol. The molecule has 0 aromatic rings. The Balaban J connectivity index is 0.000000395. The Morgan fingerprint density at radius 1 is 0.327 bits per heavy atom. The van der Waals surface area contributed by atoms with Crippen LogP contribution in [0.1, 0.15) is 339 Å². The van der Waals surface area contributed by atoms with E-state index in [0.29, 0.717) is 29.0 Å². The summed E-state index contributed by atoms with van der Waals surface area (Å²) < 4.78 is 5.49. The molecule has 0 radical (unpaired) electrons. The van der Waals surface area contributed by atoms with Crippen molar-refractivity contribution in [3.05, 3.63) is 0 Å². The number of morpholine rings is 1. The molecular formula is C91H192N12O. The Labute approximate surface area is 653 Å². The fourth-order valence-corrected chi connectivity index (χ4v) is 23.5. The second-order valence-electron chi connectivity index (χ2n) is 38.6. The van der Waals surface area contributed by atoms with Crippen LogP contribution in [0.5, 0.6) is 0 Å². The first-order valence-corrected chi connectivity index (χ1v) is 42.2. The van der Waals surface area contributed by atoms with E-state index in [2.05, 4.69) is 198 Å². The molecule has 18 aliphatic heterocycles. The van der Waals surface area contributed by atoms with Crippen LogP contribution < -0.4 is 10.6 Å². The van der Waals surface area contributed by atoms with E-state index in [1.54, 1.807) is 0 Å². The van der Waals surface area contributed by atoms with E-state index in [1.807, 2.05) is 0 Å². The van der Waals surface area contributed by atoms with Crippen LogP contribution in [0.3, 0.4) is 0 Å². The fourth-order valence-electron chi connectivity index (χ4n) is 23.5. The quantitative estimate of drug-likeness (QED) is 0.231. The van der Waals surface area contributed by atoms with Crippen molar-refractivity contribution in [1.82, 2.24) is 59.6 Å². The molecule has 21 rings (SSSR count). The smallest absolute Gasteiger partial charge is 0.0718 e. The van der Waals surface area contributed by atoms with Crippen molar-refractivity contribution >= 4 is 0 Å². The second kappa shape index (κ2) is 44.8. The average Bonchev–Trinajstić information content (AvgIpc) is 1.65. The monoisotopic (exact) mass is 1470 g/mol. The third kappa shape index (κ3) is 25.7. The zero-order chi connectivity index (χ0) is 68.9. The summed E-state index contributed by atoms with van der Waals surface area (Å²) in [6.07, 6.45) is 32.7. The van der Waals surface area contributed by atoms with Crippen molar-refractivity contribution in [3.8, 4) is 0 Å². The molecule has 18 bridgehead atoms. The van der Waals surface area contributed by atoms with Gasteiger partial charge in [0.2, 0.25) is 0 Å². The lowest BCUT2D eigenvalue weighted by Crippen LogP contribution is -2.62. The minimum atomic E-state index is 0. The summed E-state index contributed by atoms with van der Waals surface area (Å²) in [6, 6.07) is 16.9. The van der Waals surface area contributed by atoms with Crippen LogP contribution in [-0.4, -0.2) is 274 Å². The van der Waals surface area contributed by atoms with Gasteiger partial charge < -0.3 is 25.2 Å². The molecule has 0 aromatic carbocycles. The maximum absolute atomic E-state index is 5.49. The second-order valence-corrected chi connectivity index (χ2v) is 38.6. The number of fused-ring (bicyclic) bond motifs is 18. The molecule has 21 fully saturated rings. The van der Waals surface area contributed by atoms with Crippen molar-refractivity contribution in [2.45, 2.75) is 466 Å². The number of piperidine rings is 5. The first kappa shape index (κ1) is 99.6. The number of piperazine rings is 1. The predicted octanol–water partition coefficient (Wildman–Crippen LogP) is 19.0. The molecule has 21 aliphatic rings. The van der Waals surface area contributed by atoms with Gasteiger partial charge in [-0.1, -0.05) is 79.7 Å². The van der Waals surface area contributed by atoms with E-state index in [4.69, 9.17) is 4.74 Å². The van der Waals surface area contributed by atoms with Gasteiger partial charge >= 0.3 is 0 Å². The molecule has 0 amide bonds. The van der Waals surface area contributed by atoms with Crippen molar-refractivity contribution < 1.29 is 4.74 Å². The number of nitrogens with one attached hydrogen (secondary N) is 2. The van der Waals surface area contributed by atoms with Gasteiger partial charge in [0.15, 0.2) is 0 Å². The highest BCUT2D eigenvalue weighted by Crippen LogP contribution is 2.45. The van der Waals surface area contributed by atoms with Crippen LogP contribution in [0.25, 0.3) is 0 Å². The Morgan fingerprint density at radius 2 is 0.760 bits per heavy atom.